The van der Waals surface area contributed by atoms with Crippen LogP contribution in [0.25, 0.3) is 6.08 Å². The van der Waals surface area contributed by atoms with Gasteiger partial charge in [0, 0.05) is 13.3 Å². The molecule has 3 rings (SSSR count). The zero-order valence-corrected chi connectivity index (χ0v) is 16.4. The minimum Gasteiger partial charge on any atom is -0.497 e. The van der Waals surface area contributed by atoms with E-state index in [0.717, 1.165) is 35.4 Å². The van der Waals surface area contributed by atoms with Crippen molar-refractivity contribution in [2.45, 2.75) is 39.2 Å². The van der Waals surface area contributed by atoms with Crippen LogP contribution < -0.4 is 4.74 Å². The van der Waals surface area contributed by atoms with Crippen LogP contribution in [0.1, 0.15) is 43.4 Å². The highest BCUT2D eigenvalue weighted by Gasteiger charge is 2.40. The first kappa shape index (κ1) is 18.9. The minimum atomic E-state index is -0.352. The Morgan fingerprint density at radius 2 is 1.85 bits per heavy atom. The monoisotopic (exact) mass is 362 g/mol. The fourth-order valence-corrected chi connectivity index (χ4v) is 3.39. The number of ether oxygens (including phenoxy) is 1. The van der Waals surface area contributed by atoms with Crippen LogP contribution in [0.2, 0.25) is 0 Å². The summed E-state index contributed by atoms with van der Waals surface area (Å²) in [5, 5.41) is 6.28. The van der Waals surface area contributed by atoms with Crippen molar-refractivity contribution in [3.63, 3.8) is 0 Å². The molecule has 0 aromatic heterocycles. The lowest BCUT2D eigenvalue weighted by Gasteiger charge is -2.31. The van der Waals surface area contributed by atoms with E-state index in [9.17, 15) is 4.79 Å². The van der Waals surface area contributed by atoms with Crippen molar-refractivity contribution in [3.05, 3.63) is 71.3 Å². The average Bonchev–Trinajstić information content (AvgIpc) is 3.01. The van der Waals surface area contributed by atoms with Gasteiger partial charge in [-0.05, 0) is 43.5 Å². The molecular formula is C23H26N2O2. The first-order chi connectivity index (χ1) is 12.9. The molecule has 1 atom stereocenters. The summed E-state index contributed by atoms with van der Waals surface area (Å²) < 4.78 is 5.19. The highest BCUT2D eigenvalue weighted by Crippen LogP contribution is 2.33. The molecule has 2 aromatic carbocycles. The lowest BCUT2D eigenvalue weighted by Crippen LogP contribution is -2.42. The Morgan fingerprint density at radius 3 is 2.44 bits per heavy atom. The molecule has 0 N–H and O–H groups in total. The van der Waals surface area contributed by atoms with Gasteiger partial charge in [-0.1, -0.05) is 54.1 Å². The SMILES string of the molecule is COc1ccc(C=CCC2(C)CC(c3ccc(C)cc3)=NN2C(C)=O)cc1. The van der Waals surface area contributed by atoms with Crippen LogP contribution in [0, 0.1) is 6.92 Å². The molecule has 4 heteroatoms. The molecule has 27 heavy (non-hydrogen) atoms. The second-order valence-electron chi connectivity index (χ2n) is 7.30. The highest BCUT2D eigenvalue weighted by molar-refractivity contribution is 6.03. The molecule has 0 aliphatic carbocycles. The van der Waals surface area contributed by atoms with Gasteiger partial charge in [-0.2, -0.15) is 5.10 Å². The maximum Gasteiger partial charge on any atom is 0.240 e. The number of rotatable bonds is 5. The van der Waals surface area contributed by atoms with Crippen LogP contribution in [0.4, 0.5) is 0 Å². The fraction of sp³-hybridized carbons (Fsp3) is 0.304. The van der Waals surface area contributed by atoms with E-state index in [1.54, 1.807) is 19.0 Å². The van der Waals surface area contributed by atoms with Crippen molar-refractivity contribution in [2.24, 2.45) is 5.10 Å². The van der Waals surface area contributed by atoms with Gasteiger partial charge in [0.2, 0.25) is 5.91 Å². The number of aryl methyl sites for hydroxylation is 1. The third-order valence-corrected chi connectivity index (χ3v) is 4.95. The Bertz CT molecular complexity index is 866. The normalized spacial score (nSPS) is 19.4. The Morgan fingerprint density at radius 1 is 1.19 bits per heavy atom. The second-order valence-corrected chi connectivity index (χ2v) is 7.30. The smallest absolute Gasteiger partial charge is 0.240 e. The van der Waals surface area contributed by atoms with Gasteiger partial charge < -0.3 is 4.74 Å². The van der Waals surface area contributed by atoms with Gasteiger partial charge in [0.25, 0.3) is 0 Å². The van der Waals surface area contributed by atoms with Crippen molar-refractivity contribution in [3.8, 4) is 5.75 Å². The lowest BCUT2D eigenvalue weighted by atomic mass is 9.89. The third kappa shape index (κ3) is 4.27. The summed E-state index contributed by atoms with van der Waals surface area (Å²) in [4.78, 5) is 12.2. The largest absolute Gasteiger partial charge is 0.497 e. The van der Waals surface area contributed by atoms with Gasteiger partial charge in [0.05, 0.1) is 18.4 Å². The molecule has 1 heterocycles. The summed E-state index contributed by atoms with van der Waals surface area (Å²) in [6, 6.07) is 16.2. The van der Waals surface area contributed by atoms with Crippen LogP contribution in [-0.4, -0.2) is 29.3 Å². The van der Waals surface area contributed by atoms with Gasteiger partial charge in [-0.15, -0.1) is 0 Å². The molecule has 1 aliphatic rings. The second kappa shape index (κ2) is 7.78. The number of nitrogens with zero attached hydrogens (tertiary/aromatic N) is 2. The number of hydrazone groups is 1. The van der Waals surface area contributed by atoms with Crippen LogP contribution in [0.15, 0.2) is 59.7 Å². The molecule has 1 unspecified atom stereocenters. The molecule has 4 nitrogen and oxygen atoms in total. The zero-order valence-electron chi connectivity index (χ0n) is 16.4. The minimum absolute atomic E-state index is 0.0301. The van der Waals surface area contributed by atoms with E-state index in [1.165, 1.54) is 5.56 Å². The van der Waals surface area contributed by atoms with E-state index >= 15 is 0 Å². The van der Waals surface area contributed by atoms with Crippen molar-refractivity contribution in [1.82, 2.24) is 5.01 Å². The van der Waals surface area contributed by atoms with Gasteiger partial charge >= 0.3 is 0 Å². The van der Waals surface area contributed by atoms with Crippen molar-refractivity contribution in [2.75, 3.05) is 7.11 Å². The van der Waals surface area contributed by atoms with Gasteiger partial charge in [-0.3, -0.25) is 4.79 Å². The van der Waals surface area contributed by atoms with E-state index in [-0.39, 0.29) is 11.4 Å². The predicted molar refractivity (Wildman–Crippen MR) is 110 cm³/mol. The Kier molecular flexibility index (Phi) is 5.45. The summed E-state index contributed by atoms with van der Waals surface area (Å²) in [6.07, 6.45) is 5.66. The standard InChI is InChI=1S/C23H26N2O2/c1-17-7-11-20(12-8-17)22-16-23(3,25(24-22)18(2)26)15-5-6-19-9-13-21(27-4)14-10-19/h5-14H,15-16H2,1-4H3. The van der Waals surface area contributed by atoms with E-state index in [2.05, 4.69) is 55.4 Å². The topological polar surface area (TPSA) is 41.9 Å². The van der Waals surface area contributed by atoms with Crippen LogP contribution in [0.5, 0.6) is 5.75 Å². The predicted octanol–water partition coefficient (Wildman–Crippen LogP) is 4.82. The number of benzene rings is 2. The van der Waals surface area contributed by atoms with Gasteiger partial charge in [-0.25, -0.2) is 5.01 Å². The van der Waals surface area contributed by atoms with E-state index in [1.807, 2.05) is 24.3 Å². The molecular weight excluding hydrogens is 336 g/mol. The van der Waals surface area contributed by atoms with E-state index in [0.29, 0.717) is 0 Å². The van der Waals surface area contributed by atoms with Crippen molar-refractivity contribution >= 4 is 17.7 Å². The first-order valence-electron chi connectivity index (χ1n) is 9.17. The quantitative estimate of drug-likeness (QED) is 0.765. The molecule has 0 bridgehead atoms. The first-order valence-corrected chi connectivity index (χ1v) is 9.17. The molecule has 0 spiro atoms. The highest BCUT2D eigenvalue weighted by atomic mass is 16.5. The molecule has 0 saturated heterocycles. The fourth-order valence-electron chi connectivity index (χ4n) is 3.39. The Hall–Kier alpha value is -2.88. The maximum atomic E-state index is 12.2. The number of amides is 1. The number of carbonyl (C=O) groups is 1. The number of hydrogen-bond acceptors (Lipinski definition) is 3. The summed E-state index contributed by atoms with van der Waals surface area (Å²) in [7, 11) is 1.66. The number of carbonyl (C=O) groups excluding carboxylic acids is 1. The molecule has 1 aliphatic heterocycles. The number of hydrogen-bond donors (Lipinski definition) is 0. The Labute approximate surface area is 161 Å². The van der Waals surface area contributed by atoms with Crippen LogP contribution in [0.3, 0.4) is 0 Å². The zero-order chi connectivity index (χ0) is 19.4. The molecule has 0 saturated carbocycles. The maximum absolute atomic E-state index is 12.2. The summed E-state index contributed by atoms with van der Waals surface area (Å²) >= 11 is 0. The summed E-state index contributed by atoms with van der Waals surface area (Å²) in [6.45, 7) is 5.74. The van der Waals surface area contributed by atoms with E-state index in [4.69, 9.17) is 4.74 Å². The number of methoxy groups -OCH3 is 1. The van der Waals surface area contributed by atoms with Crippen molar-refractivity contribution < 1.29 is 9.53 Å². The van der Waals surface area contributed by atoms with Crippen LogP contribution in [-0.2, 0) is 4.79 Å². The Balaban J connectivity index is 1.75. The average molecular weight is 362 g/mol. The van der Waals surface area contributed by atoms with E-state index < -0.39 is 0 Å². The lowest BCUT2D eigenvalue weighted by molar-refractivity contribution is -0.133. The molecule has 0 fully saturated rings. The van der Waals surface area contributed by atoms with Gasteiger partial charge in [0.15, 0.2) is 0 Å². The molecule has 0 radical (unpaired) electrons. The van der Waals surface area contributed by atoms with Crippen molar-refractivity contribution in [1.29, 1.82) is 0 Å². The molecule has 1 amide bonds. The third-order valence-electron chi connectivity index (χ3n) is 4.95. The molecule has 2 aromatic rings. The summed E-state index contributed by atoms with van der Waals surface area (Å²) in [5.74, 6) is 0.811. The molecule has 140 valence electrons. The van der Waals surface area contributed by atoms with Crippen LogP contribution >= 0.6 is 0 Å². The van der Waals surface area contributed by atoms with Gasteiger partial charge in [0.1, 0.15) is 5.75 Å². The summed E-state index contributed by atoms with van der Waals surface area (Å²) in [5.41, 5.74) is 4.01.